The normalized spacial score (nSPS) is 10.2. The molecule has 1 heterocycles. The highest BCUT2D eigenvalue weighted by atomic mass is 16.5. The SMILES string of the molecule is O=C(COC(=O)c1ccccc1-c1ccccc1)NCc1ccco1. The van der Waals surface area contributed by atoms with Gasteiger partial charge in [0.25, 0.3) is 5.91 Å². The smallest absolute Gasteiger partial charge is 0.339 e. The molecule has 0 saturated heterocycles. The first kappa shape index (κ1) is 16.5. The van der Waals surface area contributed by atoms with Gasteiger partial charge in [0.1, 0.15) is 5.76 Å². The number of rotatable bonds is 6. The van der Waals surface area contributed by atoms with Crippen LogP contribution >= 0.6 is 0 Å². The van der Waals surface area contributed by atoms with Gasteiger partial charge >= 0.3 is 5.97 Å². The summed E-state index contributed by atoms with van der Waals surface area (Å²) in [5.74, 6) is -0.288. The number of carbonyl (C=O) groups excluding carboxylic acids is 2. The fraction of sp³-hybridized carbons (Fsp3) is 0.100. The van der Waals surface area contributed by atoms with E-state index < -0.39 is 5.97 Å². The van der Waals surface area contributed by atoms with E-state index in [0.29, 0.717) is 11.3 Å². The van der Waals surface area contributed by atoms with E-state index in [1.165, 1.54) is 6.26 Å². The van der Waals surface area contributed by atoms with Crippen LogP contribution in [0.3, 0.4) is 0 Å². The third-order valence-corrected chi connectivity index (χ3v) is 3.61. The van der Waals surface area contributed by atoms with E-state index in [4.69, 9.17) is 9.15 Å². The zero-order valence-corrected chi connectivity index (χ0v) is 13.5. The summed E-state index contributed by atoms with van der Waals surface area (Å²) in [5, 5.41) is 2.63. The fourth-order valence-corrected chi connectivity index (χ4v) is 2.39. The maximum absolute atomic E-state index is 12.4. The van der Waals surface area contributed by atoms with E-state index in [1.807, 2.05) is 42.5 Å². The molecule has 1 amide bonds. The lowest BCUT2D eigenvalue weighted by atomic mass is 10.00. The molecule has 0 saturated carbocycles. The number of hydrogen-bond acceptors (Lipinski definition) is 4. The predicted molar refractivity (Wildman–Crippen MR) is 92.7 cm³/mol. The molecule has 0 spiro atoms. The molecule has 0 atom stereocenters. The fourth-order valence-electron chi connectivity index (χ4n) is 2.39. The lowest BCUT2D eigenvalue weighted by Crippen LogP contribution is -2.28. The number of ether oxygens (including phenoxy) is 1. The van der Waals surface area contributed by atoms with E-state index in [9.17, 15) is 9.59 Å². The highest BCUT2D eigenvalue weighted by Crippen LogP contribution is 2.23. The number of amides is 1. The van der Waals surface area contributed by atoms with E-state index in [0.717, 1.165) is 11.1 Å². The number of hydrogen-bond donors (Lipinski definition) is 1. The van der Waals surface area contributed by atoms with Crippen molar-refractivity contribution in [1.29, 1.82) is 0 Å². The number of nitrogens with one attached hydrogen (secondary N) is 1. The van der Waals surface area contributed by atoms with Crippen LogP contribution in [0.2, 0.25) is 0 Å². The number of furan rings is 1. The minimum atomic E-state index is -0.535. The average Bonchev–Trinajstić information content (AvgIpc) is 3.19. The summed E-state index contributed by atoms with van der Waals surface area (Å²) >= 11 is 0. The van der Waals surface area contributed by atoms with Gasteiger partial charge in [-0.1, -0.05) is 48.5 Å². The monoisotopic (exact) mass is 335 g/mol. The highest BCUT2D eigenvalue weighted by Gasteiger charge is 2.15. The standard InChI is InChI=1S/C20H17NO4/c22-19(21-13-16-9-6-12-24-16)14-25-20(23)18-11-5-4-10-17(18)15-7-2-1-3-8-15/h1-12H,13-14H2,(H,21,22). The first-order chi connectivity index (χ1) is 12.2. The topological polar surface area (TPSA) is 68.5 Å². The van der Waals surface area contributed by atoms with Gasteiger partial charge in [-0.3, -0.25) is 4.79 Å². The van der Waals surface area contributed by atoms with E-state index >= 15 is 0 Å². The number of carbonyl (C=O) groups is 2. The Morgan fingerprint density at radius 3 is 2.44 bits per heavy atom. The van der Waals surface area contributed by atoms with Crippen molar-refractivity contribution in [3.8, 4) is 11.1 Å². The van der Waals surface area contributed by atoms with Gasteiger partial charge in [0.05, 0.1) is 18.4 Å². The molecule has 0 aliphatic carbocycles. The molecule has 0 aliphatic heterocycles. The van der Waals surface area contributed by atoms with Gasteiger partial charge in [-0.05, 0) is 29.3 Å². The zero-order valence-electron chi connectivity index (χ0n) is 13.5. The van der Waals surface area contributed by atoms with Crippen LogP contribution in [0.25, 0.3) is 11.1 Å². The van der Waals surface area contributed by atoms with Crippen molar-refractivity contribution in [2.45, 2.75) is 6.54 Å². The van der Waals surface area contributed by atoms with Crippen molar-refractivity contribution in [1.82, 2.24) is 5.32 Å². The van der Waals surface area contributed by atoms with E-state index in [-0.39, 0.29) is 19.1 Å². The maximum Gasteiger partial charge on any atom is 0.339 e. The summed E-state index contributed by atoms with van der Waals surface area (Å²) in [7, 11) is 0. The van der Waals surface area contributed by atoms with Gasteiger partial charge in [0.2, 0.25) is 0 Å². The van der Waals surface area contributed by atoms with Gasteiger partial charge in [0.15, 0.2) is 6.61 Å². The summed E-state index contributed by atoms with van der Waals surface area (Å²) < 4.78 is 10.3. The molecule has 0 aliphatic rings. The molecule has 3 rings (SSSR count). The third kappa shape index (κ3) is 4.35. The molecule has 0 radical (unpaired) electrons. The molecule has 25 heavy (non-hydrogen) atoms. The van der Waals surface area contributed by atoms with E-state index in [1.54, 1.807) is 24.3 Å². The van der Waals surface area contributed by atoms with Gasteiger partial charge in [0, 0.05) is 0 Å². The Hall–Kier alpha value is -3.34. The molecule has 0 fully saturated rings. The van der Waals surface area contributed by atoms with Crippen LogP contribution in [0.4, 0.5) is 0 Å². The Morgan fingerprint density at radius 1 is 0.920 bits per heavy atom. The van der Waals surface area contributed by atoms with Gasteiger partial charge in [-0.15, -0.1) is 0 Å². The van der Waals surface area contributed by atoms with E-state index in [2.05, 4.69) is 5.32 Å². The predicted octanol–water partition coefficient (Wildman–Crippen LogP) is 3.42. The Bertz CT molecular complexity index is 841. The minimum Gasteiger partial charge on any atom is -0.467 e. The lowest BCUT2D eigenvalue weighted by Gasteiger charge is -2.10. The lowest BCUT2D eigenvalue weighted by molar-refractivity contribution is -0.124. The zero-order chi connectivity index (χ0) is 17.5. The quantitative estimate of drug-likeness (QED) is 0.701. The second kappa shape index (κ2) is 7.97. The second-order valence-corrected chi connectivity index (χ2v) is 5.34. The Balaban J connectivity index is 1.61. The summed E-state index contributed by atoms with van der Waals surface area (Å²) in [4.78, 5) is 24.2. The van der Waals surface area contributed by atoms with Crippen LogP contribution in [0.1, 0.15) is 16.1 Å². The molecule has 3 aromatic rings. The number of benzene rings is 2. The van der Waals surface area contributed by atoms with Crippen LogP contribution in [0.15, 0.2) is 77.4 Å². The maximum atomic E-state index is 12.4. The molecule has 0 bridgehead atoms. The minimum absolute atomic E-state index is 0.254. The van der Waals surface area contributed by atoms with Crippen LogP contribution in [-0.2, 0) is 16.1 Å². The molecule has 126 valence electrons. The summed E-state index contributed by atoms with van der Waals surface area (Å²) in [5.41, 5.74) is 2.11. The Morgan fingerprint density at radius 2 is 1.68 bits per heavy atom. The van der Waals surface area contributed by atoms with Gasteiger partial charge in [-0.25, -0.2) is 4.79 Å². The molecule has 5 nitrogen and oxygen atoms in total. The molecule has 5 heteroatoms. The van der Waals surface area contributed by atoms with Crippen molar-refractivity contribution < 1.29 is 18.7 Å². The number of esters is 1. The van der Waals surface area contributed by atoms with Crippen molar-refractivity contribution in [2.75, 3.05) is 6.61 Å². The van der Waals surface area contributed by atoms with Crippen LogP contribution in [0.5, 0.6) is 0 Å². The van der Waals surface area contributed by atoms with Crippen LogP contribution in [0, 0.1) is 0 Å². The van der Waals surface area contributed by atoms with Gasteiger partial charge in [-0.2, -0.15) is 0 Å². The van der Waals surface area contributed by atoms with Crippen molar-refractivity contribution in [2.24, 2.45) is 0 Å². The van der Waals surface area contributed by atoms with Gasteiger partial charge < -0.3 is 14.5 Å². The van der Waals surface area contributed by atoms with Crippen molar-refractivity contribution in [3.63, 3.8) is 0 Å². The second-order valence-electron chi connectivity index (χ2n) is 5.34. The highest BCUT2D eigenvalue weighted by molar-refractivity contribution is 5.98. The first-order valence-corrected chi connectivity index (χ1v) is 7.84. The van der Waals surface area contributed by atoms with Crippen molar-refractivity contribution in [3.05, 3.63) is 84.3 Å². The first-order valence-electron chi connectivity index (χ1n) is 7.84. The summed E-state index contributed by atoms with van der Waals surface area (Å²) in [6.45, 7) is -0.0906. The molecular weight excluding hydrogens is 318 g/mol. The Labute approximate surface area is 145 Å². The molecule has 1 aromatic heterocycles. The average molecular weight is 335 g/mol. The largest absolute Gasteiger partial charge is 0.467 e. The van der Waals surface area contributed by atoms with Crippen molar-refractivity contribution >= 4 is 11.9 Å². The molecule has 2 aromatic carbocycles. The third-order valence-electron chi connectivity index (χ3n) is 3.61. The Kier molecular flexibility index (Phi) is 5.26. The molecule has 1 N–H and O–H groups in total. The van der Waals surface area contributed by atoms with Crippen LogP contribution in [-0.4, -0.2) is 18.5 Å². The molecular formula is C20H17NO4. The summed E-state index contributed by atoms with van der Waals surface area (Å²) in [6, 6.07) is 20.2. The molecule has 0 unspecified atom stereocenters. The summed E-state index contributed by atoms with van der Waals surface area (Å²) in [6.07, 6.45) is 1.53. The van der Waals surface area contributed by atoms with Crippen LogP contribution < -0.4 is 5.32 Å².